The third kappa shape index (κ3) is 3.17. The Balaban J connectivity index is 1.70. The van der Waals surface area contributed by atoms with Crippen LogP contribution >= 0.6 is 22.9 Å². The van der Waals surface area contributed by atoms with Crippen molar-refractivity contribution < 1.29 is 9.13 Å². The summed E-state index contributed by atoms with van der Waals surface area (Å²) >= 11 is 7.39. The average molecular weight is 457 g/mol. The van der Waals surface area contributed by atoms with Gasteiger partial charge in [-0.1, -0.05) is 17.7 Å². The van der Waals surface area contributed by atoms with Crippen LogP contribution in [0.4, 0.5) is 4.39 Å². The number of hydrogen-bond acceptors (Lipinski definition) is 6. The van der Waals surface area contributed by atoms with Gasteiger partial charge in [0.15, 0.2) is 11.6 Å². The molecular formula is C21H14ClFN4O3S. The molecule has 1 aliphatic rings. The Hall–Kier alpha value is -3.30. The predicted molar refractivity (Wildman–Crippen MR) is 118 cm³/mol. The zero-order chi connectivity index (χ0) is 21.7. The third-order valence-corrected chi connectivity index (χ3v) is 6.59. The SMILES string of the molecule is COc1cc(-c2cc3[nH]c(=O)n([C@H]4CN=Cc5cccnc54)c(=O)c3s2)c(Cl)cc1F. The maximum Gasteiger partial charge on any atom is 0.329 e. The molecule has 0 bridgehead atoms. The van der Waals surface area contributed by atoms with Crippen molar-refractivity contribution in [3.63, 3.8) is 0 Å². The second kappa shape index (κ2) is 7.44. The van der Waals surface area contributed by atoms with E-state index in [1.165, 1.54) is 13.2 Å². The summed E-state index contributed by atoms with van der Waals surface area (Å²) in [4.78, 5) is 38.2. The van der Waals surface area contributed by atoms with E-state index in [4.69, 9.17) is 16.3 Å². The van der Waals surface area contributed by atoms with Gasteiger partial charge >= 0.3 is 5.69 Å². The Labute approximate surface area is 183 Å². The van der Waals surface area contributed by atoms with E-state index < -0.39 is 23.1 Å². The number of rotatable bonds is 3. The fraction of sp³-hybridized carbons (Fsp3) is 0.143. The monoisotopic (exact) mass is 456 g/mol. The molecule has 0 saturated heterocycles. The molecule has 0 unspecified atom stereocenters. The van der Waals surface area contributed by atoms with E-state index in [2.05, 4.69) is 15.0 Å². The first-order chi connectivity index (χ1) is 15.0. The van der Waals surface area contributed by atoms with Gasteiger partial charge in [-0.05, 0) is 24.3 Å². The second-order valence-electron chi connectivity index (χ2n) is 6.91. The summed E-state index contributed by atoms with van der Waals surface area (Å²) in [7, 11) is 1.36. The lowest BCUT2D eigenvalue weighted by Crippen LogP contribution is -2.40. The molecule has 0 spiro atoms. The Kier molecular flexibility index (Phi) is 4.71. The Morgan fingerprint density at radius 3 is 2.97 bits per heavy atom. The highest BCUT2D eigenvalue weighted by molar-refractivity contribution is 7.22. The minimum absolute atomic E-state index is 0.0329. The van der Waals surface area contributed by atoms with E-state index >= 15 is 0 Å². The first kappa shape index (κ1) is 19.7. The smallest absolute Gasteiger partial charge is 0.329 e. The van der Waals surface area contributed by atoms with Crippen molar-refractivity contribution in [2.45, 2.75) is 6.04 Å². The van der Waals surface area contributed by atoms with Crippen LogP contribution in [0.2, 0.25) is 5.02 Å². The van der Waals surface area contributed by atoms with Gasteiger partial charge in [-0.2, -0.15) is 0 Å². The molecule has 5 rings (SSSR count). The largest absolute Gasteiger partial charge is 0.494 e. The van der Waals surface area contributed by atoms with E-state index in [1.807, 2.05) is 6.07 Å². The van der Waals surface area contributed by atoms with E-state index in [0.29, 0.717) is 26.4 Å². The molecule has 0 amide bonds. The van der Waals surface area contributed by atoms with Crippen molar-refractivity contribution in [2.75, 3.05) is 13.7 Å². The lowest BCUT2D eigenvalue weighted by Gasteiger charge is -2.21. The van der Waals surface area contributed by atoms with Crippen LogP contribution in [0.15, 0.2) is 51.1 Å². The Morgan fingerprint density at radius 2 is 2.16 bits per heavy atom. The lowest BCUT2D eigenvalue weighted by molar-refractivity contribution is 0.387. The fourth-order valence-electron chi connectivity index (χ4n) is 3.67. The van der Waals surface area contributed by atoms with Gasteiger partial charge in [-0.3, -0.25) is 14.8 Å². The zero-order valence-corrected chi connectivity index (χ0v) is 17.6. The molecule has 4 heterocycles. The number of pyridine rings is 1. The molecule has 0 radical (unpaired) electrons. The summed E-state index contributed by atoms with van der Waals surface area (Å²) in [5.41, 5.74) is 1.27. The molecular weight excluding hydrogens is 443 g/mol. The molecule has 0 fully saturated rings. The van der Waals surface area contributed by atoms with Crippen LogP contribution in [-0.2, 0) is 0 Å². The number of ether oxygens (including phenoxy) is 1. The van der Waals surface area contributed by atoms with Crippen molar-refractivity contribution in [3.8, 4) is 16.2 Å². The van der Waals surface area contributed by atoms with Gasteiger partial charge in [0.25, 0.3) is 5.56 Å². The Morgan fingerprint density at radius 1 is 1.32 bits per heavy atom. The minimum Gasteiger partial charge on any atom is -0.494 e. The molecule has 10 heteroatoms. The summed E-state index contributed by atoms with van der Waals surface area (Å²) in [6.07, 6.45) is 3.31. The van der Waals surface area contributed by atoms with E-state index in [1.54, 1.807) is 24.5 Å². The van der Waals surface area contributed by atoms with Gasteiger partial charge in [0.2, 0.25) is 0 Å². The number of aromatic nitrogens is 3. The zero-order valence-electron chi connectivity index (χ0n) is 16.1. The van der Waals surface area contributed by atoms with Crippen molar-refractivity contribution in [3.05, 3.63) is 79.5 Å². The van der Waals surface area contributed by atoms with E-state index in [-0.39, 0.29) is 17.3 Å². The van der Waals surface area contributed by atoms with Crippen molar-refractivity contribution >= 4 is 39.4 Å². The van der Waals surface area contributed by atoms with Crippen LogP contribution in [0.5, 0.6) is 5.75 Å². The van der Waals surface area contributed by atoms with Crippen molar-refractivity contribution in [1.82, 2.24) is 14.5 Å². The van der Waals surface area contributed by atoms with Gasteiger partial charge < -0.3 is 9.72 Å². The molecule has 0 aliphatic carbocycles. The van der Waals surface area contributed by atoms with Gasteiger partial charge in [0, 0.05) is 28.4 Å². The lowest BCUT2D eigenvalue weighted by atomic mass is 10.1. The molecule has 31 heavy (non-hydrogen) atoms. The van der Waals surface area contributed by atoms with Gasteiger partial charge in [0.1, 0.15) is 10.7 Å². The highest BCUT2D eigenvalue weighted by Gasteiger charge is 2.26. The van der Waals surface area contributed by atoms with Crippen molar-refractivity contribution in [1.29, 1.82) is 0 Å². The Bertz CT molecular complexity index is 1490. The first-order valence-electron chi connectivity index (χ1n) is 9.24. The van der Waals surface area contributed by atoms with Crippen LogP contribution in [0.3, 0.4) is 0 Å². The number of thiophene rings is 1. The maximum absolute atomic E-state index is 13.9. The first-order valence-corrected chi connectivity index (χ1v) is 10.4. The number of fused-ring (bicyclic) bond motifs is 2. The molecule has 1 N–H and O–H groups in total. The predicted octanol–water partition coefficient (Wildman–Crippen LogP) is 3.64. The third-order valence-electron chi connectivity index (χ3n) is 5.12. The normalized spacial score (nSPS) is 15.3. The molecule has 156 valence electrons. The van der Waals surface area contributed by atoms with Crippen LogP contribution in [0.1, 0.15) is 17.3 Å². The number of halogens is 2. The summed E-state index contributed by atoms with van der Waals surface area (Å²) < 4.78 is 20.5. The second-order valence-corrected chi connectivity index (χ2v) is 8.37. The highest BCUT2D eigenvalue weighted by atomic mass is 35.5. The topological polar surface area (TPSA) is 89.3 Å². The minimum atomic E-state index is -0.609. The van der Waals surface area contributed by atoms with E-state index in [9.17, 15) is 14.0 Å². The summed E-state index contributed by atoms with van der Waals surface area (Å²) in [5.74, 6) is -0.553. The molecule has 4 aromatic rings. The quantitative estimate of drug-likeness (QED) is 0.509. The molecule has 1 atom stereocenters. The molecule has 1 aromatic carbocycles. The van der Waals surface area contributed by atoms with Gasteiger partial charge in [-0.15, -0.1) is 11.3 Å². The number of H-pyrrole nitrogens is 1. The van der Waals surface area contributed by atoms with Gasteiger partial charge in [-0.25, -0.2) is 13.8 Å². The molecule has 1 aliphatic heterocycles. The van der Waals surface area contributed by atoms with Crippen molar-refractivity contribution in [2.24, 2.45) is 4.99 Å². The molecule has 3 aromatic heterocycles. The number of nitrogens with zero attached hydrogens (tertiary/aromatic N) is 3. The number of benzene rings is 1. The maximum atomic E-state index is 13.9. The number of aromatic amines is 1. The molecule has 7 nitrogen and oxygen atoms in total. The van der Waals surface area contributed by atoms with Gasteiger partial charge in [0.05, 0.1) is 29.9 Å². The number of methoxy groups -OCH3 is 1. The summed E-state index contributed by atoms with van der Waals surface area (Å²) in [6.45, 7) is 0.234. The highest BCUT2D eigenvalue weighted by Crippen LogP contribution is 2.38. The fourth-order valence-corrected chi connectivity index (χ4v) is 5.06. The van der Waals surface area contributed by atoms with Crippen LogP contribution in [-0.4, -0.2) is 34.4 Å². The van der Waals surface area contributed by atoms with E-state index in [0.717, 1.165) is 27.5 Å². The molecule has 0 saturated carbocycles. The number of nitrogens with one attached hydrogen (secondary N) is 1. The number of aliphatic imine (C=N–C) groups is 1. The summed E-state index contributed by atoms with van der Waals surface area (Å²) in [6, 6.07) is 7.27. The number of hydrogen-bond donors (Lipinski definition) is 1. The van der Waals surface area contributed by atoms with Crippen LogP contribution in [0, 0.1) is 5.82 Å². The van der Waals surface area contributed by atoms with Crippen LogP contribution in [0.25, 0.3) is 20.7 Å². The summed E-state index contributed by atoms with van der Waals surface area (Å²) in [5, 5.41) is 0.173. The average Bonchev–Trinajstić information content (AvgIpc) is 3.18. The standard InChI is InChI=1S/C21H14ClFN4O3S/c1-30-16-5-11(12(22)6-13(16)23)17-7-14-19(31-17)20(28)27(21(29)26-14)15-9-24-8-10-3-2-4-25-18(10)15/h2-8,15H,9H2,1H3,(H,26,29)/t15-/m0/s1. The van der Waals surface area contributed by atoms with Crippen LogP contribution < -0.4 is 16.0 Å².